The third kappa shape index (κ3) is 7.59. The van der Waals surface area contributed by atoms with Gasteiger partial charge in [0.2, 0.25) is 5.78 Å². The maximum atomic E-state index is 13.9. The number of aryl methyl sites for hydroxylation is 1. The second-order valence-electron chi connectivity index (χ2n) is 13.6. The molecule has 2 aliphatic carbocycles. The normalized spacial score (nSPS) is 24.6. The van der Waals surface area contributed by atoms with Crippen LogP contribution in [0.4, 0.5) is 13.2 Å². The summed E-state index contributed by atoms with van der Waals surface area (Å²) in [5, 5.41) is 36.6. The standard InChI is InChI=1S/C38H36F3NO12Se/c1-16-7-5-8-19(11-16)55-15-25(44)54-35-17(2)52-26(12-22(35)42-36(49)38(39,40)41)53-24-14-37(50,18(3)43)13-21-28(24)34(48)30-29(32(21)46)31(45)20-9-6-10-23(51-4)27(20)33(30)47/h5-11,17,22,24,26,35,46,48,50H,12-15H2,1-4H3,(H,42,49)/t17-,22-,24-,26-,35-,37-/m0/s1. The van der Waals surface area contributed by atoms with Gasteiger partial charge in [0.05, 0.1) is 18.2 Å². The Balaban J connectivity index is 1.34. The number of alkyl halides is 3. The molecule has 292 valence electrons. The number of Topliss-reactive ketones (excluding diaryl/α,β-unsaturated/α-hetero) is 1. The predicted octanol–water partition coefficient (Wildman–Crippen LogP) is 3.06. The Labute approximate surface area is 318 Å². The number of carbonyl (C=O) groups is 5. The van der Waals surface area contributed by atoms with E-state index >= 15 is 0 Å². The number of aliphatic hydroxyl groups is 1. The first-order valence-corrected chi connectivity index (χ1v) is 19.1. The Hall–Kier alpha value is -4.80. The number of hydrogen-bond donors (Lipinski definition) is 4. The van der Waals surface area contributed by atoms with Crippen LogP contribution in [0.3, 0.4) is 0 Å². The molecule has 1 heterocycles. The van der Waals surface area contributed by atoms with E-state index in [0.717, 1.165) is 16.9 Å². The van der Waals surface area contributed by atoms with Crippen LogP contribution in [0.5, 0.6) is 17.2 Å². The van der Waals surface area contributed by atoms with Crippen molar-refractivity contribution in [2.45, 2.75) is 87.8 Å². The van der Waals surface area contributed by atoms with E-state index in [2.05, 4.69) is 0 Å². The second-order valence-corrected chi connectivity index (χ2v) is 15.8. The Bertz CT molecular complexity index is 2110. The van der Waals surface area contributed by atoms with E-state index in [0.29, 0.717) is 0 Å². The first kappa shape index (κ1) is 39.9. The molecule has 0 saturated carbocycles. The van der Waals surface area contributed by atoms with E-state index in [1.807, 2.05) is 36.5 Å². The fourth-order valence-corrected chi connectivity index (χ4v) is 8.89. The fraction of sp³-hybridized carbons (Fsp3) is 0.395. The Morgan fingerprint density at radius 2 is 1.73 bits per heavy atom. The topological polar surface area (TPSA) is 195 Å². The van der Waals surface area contributed by atoms with Crippen molar-refractivity contribution in [1.82, 2.24) is 5.32 Å². The van der Waals surface area contributed by atoms with Gasteiger partial charge in [0.1, 0.15) is 5.75 Å². The zero-order chi connectivity index (χ0) is 40.1. The Morgan fingerprint density at radius 1 is 1.04 bits per heavy atom. The summed E-state index contributed by atoms with van der Waals surface area (Å²) in [6.07, 6.45) is -12.8. The molecule has 3 aromatic rings. The van der Waals surface area contributed by atoms with Crippen molar-refractivity contribution in [1.29, 1.82) is 0 Å². The molecule has 6 atom stereocenters. The van der Waals surface area contributed by atoms with Crippen molar-refractivity contribution >= 4 is 48.6 Å². The van der Waals surface area contributed by atoms with E-state index in [1.165, 1.54) is 32.2 Å². The third-order valence-corrected chi connectivity index (χ3v) is 11.9. The molecule has 4 N–H and O–H groups in total. The number of carbonyl (C=O) groups excluding carboxylic acids is 5. The third-order valence-electron chi connectivity index (χ3n) is 9.91. The van der Waals surface area contributed by atoms with Gasteiger partial charge in [-0.1, -0.05) is 12.1 Å². The van der Waals surface area contributed by atoms with Gasteiger partial charge in [0.15, 0.2) is 5.78 Å². The number of aromatic hydroxyl groups is 2. The Morgan fingerprint density at radius 3 is 2.38 bits per heavy atom. The molecular formula is C38H36F3NO12Se. The molecule has 3 aliphatic rings. The van der Waals surface area contributed by atoms with E-state index in [9.17, 15) is 52.5 Å². The van der Waals surface area contributed by atoms with Crippen molar-refractivity contribution in [3.05, 3.63) is 81.4 Å². The molecule has 17 heteroatoms. The first-order valence-electron chi connectivity index (χ1n) is 17.0. The summed E-state index contributed by atoms with van der Waals surface area (Å²) in [6.45, 7) is 4.32. The summed E-state index contributed by atoms with van der Waals surface area (Å²) in [5.41, 5.74) is -3.31. The summed E-state index contributed by atoms with van der Waals surface area (Å²) in [4.78, 5) is 65.6. The minimum absolute atomic E-state index is 0.0138. The quantitative estimate of drug-likeness (QED) is 0.110. The van der Waals surface area contributed by atoms with Crippen LogP contribution in [-0.2, 0) is 35.0 Å². The zero-order valence-corrected chi connectivity index (χ0v) is 31.5. The van der Waals surface area contributed by atoms with Crippen LogP contribution in [0.15, 0.2) is 42.5 Å². The number of methoxy groups -OCH3 is 1. The van der Waals surface area contributed by atoms with Gasteiger partial charge in [-0.3, -0.25) is 14.4 Å². The summed E-state index contributed by atoms with van der Waals surface area (Å²) in [5.74, 6) is -7.17. The van der Waals surface area contributed by atoms with Crippen LogP contribution < -0.4 is 14.5 Å². The molecule has 0 aromatic heterocycles. The molecule has 0 bridgehead atoms. The van der Waals surface area contributed by atoms with Gasteiger partial charge in [-0.15, -0.1) is 0 Å². The number of amides is 1. The molecule has 1 fully saturated rings. The van der Waals surface area contributed by atoms with Gasteiger partial charge in [0.25, 0.3) is 0 Å². The van der Waals surface area contributed by atoms with Crippen LogP contribution in [0.25, 0.3) is 0 Å². The number of rotatable bonds is 9. The molecule has 1 aliphatic heterocycles. The molecule has 0 radical (unpaired) electrons. The molecular weight excluding hydrogens is 798 g/mol. The molecule has 6 rings (SSSR count). The van der Waals surface area contributed by atoms with Crippen molar-refractivity contribution in [2.75, 3.05) is 7.11 Å². The minimum atomic E-state index is -5.31. The summed E-state index contributed by atoms with van der Waals surface area (Å²) in [6, 6.07) is 10.1. The van der Waals surface area contributed by atoms with Gasteiger partial charge < -0.3 is 9.84 Å². The number of halogens is 3. The molecule has 55 heavy (non-hydrogen) atoms. The van der Waals surface area contributed by atoms with Crippen molar-refractivity contribution in [3.63, 3.8) is 0 Å². The van der Waals surface area contributed by atoms with Crippen LogP contribution >= 0.6 is 0 Å². The van der Waals surface area contributed by atoms with Crippen LogP contribution in [0.2, 0.25) is 5.32 Å². The average molecular weight is 835 g/mol. The number of nitrogens with one attached hydrogen (secondary N) is 1. The molecule has 1 saturated heterocycles. The first-order chi connectivity index (χ1) is 25.8. The zero-order valence-electron chi connectivity index (χ0n) is 29.8. The predicted molar refractivity (Wildman–Crippen MR) is 186 cm³/mol. The number of phenolic OH excluding ortho intramolecular Hbond substituents is 2. The summed E-state index contributed by atoms with van der Waals surface area (Å²) >= 11 is -0.383. The fourth-order valence-electron chi connectivity index (χ4n) is 7.22. The molecule has 3 aromatic carbocycles. The van der Waals surface area contributed by atoms with Crippen LogP contribution in [-0.4, -0.2) is 103 Å². The average Bonchev–Trinajstić information content (AvgIpc) is 3.11. The number of fused-ring (bicyclic) bond motifs is 3. The monoisotopic (exact) mass is 835 g/mol. The molecule has 0 spiro atoms. The number of esters is 1. The van der Waals surface area contributed by atoms with Crippen molar-refractivity contribution in [2.24, 2.45) is 0 Å². The van der Waals surface area contributed by atoms with Gasteiger partial charge in [-0.05, 0) is 13.0 Å². The number of hydrogen-bond acceptors (Lipinski definition) is 12. The van der Waals surface area contributed by atoms with Crippen molar-refractivity contribution in [3.8, 4) is 17.2 Å². The van der Waals surface area contributed by atoms with Crippen LogP contribution in [0.1, 0.15) is 81.3 Å². The maximum absolute atomic E-state index is 13.9. The summed E-state index contributed by atoms with van der Waals surface area (Å²) in [7, 11) is 1.27. The van der Waals surface area contributed by atoms with Crippen LogP contribution in [0, 0.1) is 6.92 Å². The molecule has 13 nitrogen and oxygen atoms in total. The van der Waals surface area contributed by atoms with Gasteiger partial charge in [-0.25, -0.2) is 0 Å². The van der Waals surface area contributed by atoms with E-state index < -0.39 is 114 Å². The Kier molecular flexibility index (Phi) is 10.9. The summed E-state index contributed by atoms with van der Waals surface area (Å²) < 4.78 is 64.3. The van der Waals surface area contributed by atoms with E-state index in [-0.39, 0.29) is 48.3 Å². The molecule has 0 unspecified atom stereocenters. The van der Waals surface area contributed by atoms with Gasteiger partial charge in [-0.2, -0.15) is 0 Å². The molecule has 1 amide bonds. The number of ether oxygens (including phenoxy) is 4. The van der Waals surface area contributed by atoms with Crippen molar-refractivity contribution < 1.29 is 71.4 Å². The SMILES string of the molecule is COc1cccc2c1C(=O)c1c(O)c3c(c(O)c1C2=O)C[C@@](O)(C(C)=O)C[C@@H]3O[C@H]1C[C@H](NC(=O)C(F)(F)F)[C@@H](OC(=O)C[Se]c2cccc(C)c2)[C@H](C)O1. The van der Waals surface area contributed by atoms with E-state index in [4.69, 9.17) is 18.9 Å². The second kappa shape index (κ2) is 15.0. The number of benzene rings is 3. The number of phenols is 2. The van der Waals surface area contributed by atoms with Gasteiger partial charge >= 0.3 is 228 Å². The van der Waals surface area contributed by atoms with Gasteiger partial charge in [0, 0.05) is 5.56 Å². The number of ketones is 3. The van der Waals surface area contributed by atoms with E-state index in [1.54, 1.807) is 0 Å².